The van der Waals surface area contributed by atoms with Gasteiger partial charge in [-0.25, -0.2) is 0 Å². The first-order chi connectivity index (χ1) is 11.8. The molecule has 0 radical (unpaired) electrons. The smallest absolute Gasteiger partial charge is 0.306 e. The highest BCUT2D eigenvalue weighted by Crippen LogP contribution is 2.15. The summed E-state index contributed by atoms with van der Waals surface area (Å²) in [5.41, 5.74) is 1.57. The molecular weight excluding hydrogens is 322 g/mol. The van der Waals surface area contributed by atoms with Crippen LogP contribution < -0.4 is 10.9 Å². The normalized spacial score (nSPS) is 11.5. The van der Waals surface area contributed by atoms with Crippen molar-refractivity contribution in [1.29, 1.82) is 5.26 Å². The number of ether oxygens (including phenoxy) is 1. The van der Waals surface area contributed by atoms with Crippen LogP contribution in [-0.2, 0) is 20.7 Å². The number of nitriles is 1. The topological polar surface area (TPSA) is 112 Å². The number of carbonyl (C=O) groups excluding carboxylic acids is 2. The molecule has 0 aliphatic heterocycles. The maximum atomic E-state index is 11.8. The van der Waals surface area contributed by atoms with Gasteiger partial charge in [0.15, 0.2) is 6.61 Å². The second-order valence-electron chi connectivity index (χ2n) is 6.09. The van der Waals surface area contributed by atoms with Crippen molar-refractivity contribution in [3.63, 3.8) is 0 Å². The van der Waals surface area contributed by atoms with Crippen molar-refractivity contribution in [3.8, 4) is 6.07 Å². The van der Waals surface area contributed by atoms with E-state index in [1.807, 2.05) is 19.9 Å². The third-order valence-electron chi connectivity index (χ3n) is 3.99. The van der Waals surface area contributed by atoms with Crippen LogP contribution in [0.1, 0.15) is 55.5 Å². The van der Waals surface area contributed by atoms with E-state index in [4.69, 9.17) is 10.00 Å². The fourth-order valence-electron chi connectivity index (χ4n) is 2.69. The number of aromatic amines is 1. The van der Waals surface area contributed by atoms with Gasteiger partial charge in [0.2, 0.25) is 0 Å². The Morgan fingerprint density at radius 1 is 1.36 bits per heavy atom. The highest BCUT2D eigenvalue weighted by atomic mass is 16.5. The predicted octanol–water partition coefficient (Wildman–Crippen LogP) is 1.64. The van der Waals surface area contributed by atoms with Gasteiger partial charge in [0.1, 0.15) is 11.6 Å². The van der Waals surface area contributed by atoms with Crippen LogP contribution in [0.3, 0.4) is 0 Å². The number of aromatic nitrogens is 1. The van der Waals surface area contributed by atoms with Gasteiger partial charge in [-0.3, -0.25) is 14.4 Å². The molecule has 1 aromatic heterocycles. The minimum atomic E-state index is -0.498. The molecule has 25 heavy (non-hydrogen) atoms. The van der Waals surface area contributed by atoms with Crippen molar-refractivity contribution in [1.82, 2.24) is 10.3 Å². The van der Waals surface area contributed by atoms with Crippen LogP contribution in [0.2, 0.25) is 0 Å². The van der Waals surface area contributed by atoms with Crippen LogP contribution in [0.5, 0.6) is 0 Å². The number of amides is 1. The number of carbonyl (C=O) groups is 2. The summed E-state index contributed by atoms with van der Waals surface area (Å²) in [5, 5.41) is 11.8. The van der Waals surface area contributed by atoms with Gasteiger partial charge in [-0.1, -0.05) is 13.3 Å². The van der Waals surface area contributed by atoms with Gasteiger partial charge in [0.25, 0.3) is 11.5 Å². The van der Waals surface area contributed by atoms with Gasteiger partial charge in [0.05, 0.1) is 0 Å². The van der Waals surface area contributed by atoms with Crippen LogP contribution >= 0.6 is 0 Å². The summed E-state index contributed by atoms with van der Waals surface area (Å²) in [4.78, 5) is 37.8. The summed E-state index contributed by atoms with van der Waals surface area (Å²) >= 11 is 0. The molecule has 7 nitrogen and oxygen atoms in total. The molecule has 0 aliphatic rings. The SMILES string of the molecule is CCC[C@H](C)NC(=O)COC(=O)CCc1c(C)[nH]c(=O)c(C#N)c1C. The maximum Gasteiger partial charge on any atom is 0.306 e. The van der Waals surface area contributed by atoms with E-state index < -0.39 is 11.5 Å². The van der Waals surface area contributed by atoms with Crippen molar-refractivity contribution < 1.29 is 14.3 Å². The number of hydrogen-bond acceptors (Lipinski definition) is 5. The molecule has 2 N–H and O–H groups in total. The zero-order valence-electron chi connectivity index (χ0n) is 15.2. The number of nitrogens with one attached hydrogen (secondary N) is 2. The minimum Gasteiger partial charge on any atom is -0.456 e. The number of nitrogens with zero attached hydrogens (tertiary/aromatic N) is 1. The summed E-state index contributed by atoms with van der Waals surface area (Å²) in [7, 11) is 0. The lowest BCUT2D eigenvalue weighted by atomic mass is 9.99. The summed E-state index contributed by atoms with van der Waals surface area (Å²) < 4.78 is 4.98. The van der Waals surface area contributed by atoms with Crippen molar-refractivity contribution in [2.45, 2.75) is 59.4 Å². The lowest BCUT2D eigenvalue weighted by molar-refractivity contribution is -0.148. The molecule has 1 rings (SSSR count). The van der Waals surface area contributed by atoms with Crippen molar-refractivity contribution in [2.75, 3.05) is 6.61 Å². The Morgan fingerprint density at radius 2 is 2.04 bits per heavy atom. The van der Waals surface area contributed by atoms with E-state index >= 15 is 0 Å². The molecule has 0 aliphatic carbocycles. The van der Waals surface area contributed by atoms with E-state index in [0.29, 0.717) is 17.7 Å². The molecule has 0 spiro atoms. The Morgan fingerprint density at radius 3 is 2.64 bits per heavy atom. The fraction of sp³-hybridized carbons (Fsp3) is 0.556. The summed E-state index contributed by atoms with van der Waals surface area (Å²) in [6.45, 7) is 7.03. The molecule has 7 heteroatoms. The Kier molecular flexibility index (Phi) is 7.86. The molecule has 0 aromatic carbocycles. The van der Waals surface area contributed by atoms with Crippen LogP contribution in [0.15, 0.2) is 4.79 Å². The molecule has 1 heterocycles. The third kappa shape index (κ3) is 6.07. The molecule has 0 unspecified atom stereocenters. The molecule has 0 saturated carbocycles. The zero-order valence-corrected chi connectivity index (χ0v) is 15.2. The van der Waals surface area contributed by atoms with Crippen LogP contribution in [0.4, 0.5) is 0 Å². The zero-order chi connectivity index (χ0) is 19.0. The largest absolute Gasteiger partial charge is 0.456 e. The molecule has 136 valence electrons. The summed E-state index contributed by atoms with van der Waals surface area (Å²) in [6, 6.07) is 1.92. The van der Waals surface area contributed by atoms with Crippen molar-refractivity contribution in [3.05, 3.63) is 32.7 Å². The number of pyridine rings is 1. The average Bonchev–Trinajstić information content (AvgIpc) is 2.53. The van der Waals surface area contributed by atoms with Gasteiger partial charge in [-0.2, -0.15) is 5.26 Å². The molecule has 0 bridgehead atoms. The van der Waals surface area contributed by atoms with E-state index in [0.717, 1.165) is 18.4 Å². The van der Waals surface area contributed by atoms with Gasteiger partial charge in [-0.15, -0.1) is 0 Å². The molecule has 0 fully saturated rings. The molecule has 0 saturated heterocycles. The van der Waals surface area contributed by atoms with E-state index in [2.05, 4.69) is 10.3 Å². The van der Waals surface area contributed by atoms with Gasteiger partial charge >= 0.3 is 5.97 Å². The number of esters is 1. The molecular formula is C18H25N3O4. The Bertz CT molecular complexity index is 731. The summed E-state index contributed by atoms with van der Waals surface area (Å²) in [6.07, 6.45) is 2.22. The average molecular weight is 347 g/mol. The second-order valence-corrected chi connectivity index (χ2v) is 6.09. The Hall–Kier alpha value is -2.62. The maximum absolute atomic E-state index is 11.8. The predicted molar refractivity (Wildman–Crippen MR) is 93.0 cm³/mol. The van der Waals surface area contributed by atoms with Crippen LogP contribution in [0, 0.1) is 25.2 Å². The quantitative estimate of drug-likeness (QED) is 0.694. The molecule has 1 aromatic rings. The first-order valence-corrected chi connectivity index (χ1v) is 8.37. The lowest BCUT2D eigenvalue weighted by Crippen LogP contribution is -2.35. The first kappa shape index (κ1) is 20.4. The van der Waals surface area contributed by atoms with Crippen molar-refractivity contribution >= 4 is 11.9 Å². The van der Waals surface area contributed by atoms with Crippen molar-refractivity contribution in [2.24, 2.45) is 0 Å². The summed E-state index contributed by atoms with van der Waals surface area (Å²) in [5.74, 6) is -0.820. The van der Waals surface area contributed by atoms with Gasteiger partial charge in [-0.05, 0) is 44.7 Å². The molecule has 1 atom stereocenters. The number of hydrogen-bond donors (Lipinski definition) is 2. The van der Waals surface area contributed by atoms with E-state index in [1.54, 1.807) is 13.8 Å². The van der Waals surface area contributed by atoms with Crippen LogP contribution in [-0.4, -0.2) is 29.5 Å². The Balaban J connectivity index is 2.57. The highest BCUT2D eigenvalue weighted by Gasteiger charge is 2.15. The second kappa shape index (κ2) is 9.62. The minimum absolute atomic E-state index is 0.0482. The van der Waals surface area contributed by atoms with E-state index in [-0.39, 0.29) is 30.5 Å². The monoisotopic (exact) mass is 347 g/mol. The highest BCUT2D eigenvalue weighted by molar-refractivity contribution is 5.80. The van der Waals surface area contributed by atoms with Gasteiger partial charge < -0.3 is 15.0 Å². The van der Waals surface area contributed by atoms with E-state index in [9.17, 15) is 14.4 Å². The number of H-pyrrole nitrogens is 1. The lowest BCUT2D eigenvalue weighted by Gasteiger charge is -2.13. The number of rotatable bonds is 8. The standard InChI is InChI=1S/C18H25N3O4/c1-5-6-11(2)20-16(22)10-25-17(23)8-7-14-12(3)15(9-19)18(24)21-13(14)4/h11H,5-8,10H2,1-4H3,(H,20,22)(H,21,24)/t11-/m0/s1. The Labute approximate surface area is 147 Å². The first-order valence-electron chi connectivity index (χ1n) is 8.37. The number of aryl methyl sites for hydroxylation is 1. The third-order valence-corrected chi connectivity index (χ3v) is 3.99. The van der Waals surface area contributed by atoms with E-state index in [1.165, 1.54) is 0 Å². The van der Waals surface area contributed by atoms with Crippen LogP contribution in [0.25, 0.3) is 0 Å². The molecule has 1 amide bonds. The van der Waals surface area contributed by atoms with Gasteiger partial charge in [0, 0.05) is 18.2 Å². The fourth-order valence-corrected chi connectivity index (χ4v) is 2.69.